The fourth-order valence-corrected chi connectivity index (χ4v) is 1.77. The number of nitrogens with one attached hydrogen (secondary N) is 1. The summed E-state index contributed by atoms with van der Waals surface area (Å²) < 4.78 is 0. The summed E-state index contributed by atoms with van der Waals surface area (Å²) in [6, 6.07) is 5.80. The number of pyridine rings is 1. The van der Waals surface area contributed by atoms with Crippen LogP contribution in [0.25, 0.3) is 0 Å². The number of H-pyrrole nitrogens is 1. The average molecular weight is 244 g/mol. The van der Waals surface area contributed by atoms with Crippen LogP contribution in [0, 0.1) is 13.8 Å². The number of carbonyl (C=O) groups is 1. The number of rotatable bonds is 3. The Morgan fingerprint density at radius 2 is 2.17 bits per heavy atom. The second-order valence-electron chi connectivity index (χ2n) is 4.34. The number of carbonyl (C=O) groups excluding carboxylic acids is 1. The molecule has 0 saturated heterocycles. The zero-order valence-corrected chi connectivity index (χ0v) is 10.8. The molecule has 94 valence electrons. The highest BCUT2D eigenvalue weighted by Crippen LogP contribution is 2.09. The molecule has 0 aromatic carbocycles. The number of aryl methyl sites for hydroxylation is 2. The van der Waals surface area contributed by atoms with E-state index in [1.807, 2.05) is 32.0 Å². The van der Waals surface area contributed by atoms with Crippen molar-refractivity contribution in [1.82, 2.24) is 20.1 Å². The van der Waals surface area contributed by atoms with E-state index in [1.54, 1.807) is 18.1 Å². The summed E-state index contributed by atoms with van der Waals surface area (Å²) in [5.41, 5.74) is 3.22. The molecule has 0 aliphatic heterocycles. The lowest BCUT2D eigenvalue weighted by atomic mass is 10.2. The van der Waals surface area contributed by atoms with Crippen LogP contribution in [0.1, 0.15) is 27.4 Å². The van der Waals surface area contributed by atoms with Gasteiger partial charge < -0.3 is 4.90 Å². The summed E-state index contributed by atoms with van der Waals surface area (Å²) in [4.78, 5) is 18.2. The fraction of sp³-hybridized carbons (Fsp3) is 0.308. The smallest absolute Gasteiger partial charge is 0.257 e. The normalized spacial score (nSPS) is 10.4. The molecule has 2 heterocycles. The van der Waals surface area contributed by atoms with Crippen molar-refractivity contribution in [2.45, 2.75) is 20.4 Å². The predicted octanol–water partition coefficient (Wildman–Crippen LogP) is 1.69. The maximum atomic E-state index is 12.2. The molecule has 0 bridgehead atoms. The van der Waals surface area contributed by atoms with Crippen LogP contribution < -0.4 is 0 Å². The van der Waals surface area contributed by atoms with Crippen LogP contribution in [-0.4, -0.2) is 33.0 Å². The van der Waals surface area contributed by atoms with E-state index in [0.717, 1.165) is 17.1 Å². The Bertz CT molecular complexity index is 562. The number of hydrogen-bond donors (Lipinski definition) is 1. The molecule has 5 heteroatoms. The van der Waals surface area contributed by atoms with Crippen molar-refractivity contribution in [1.29, 1.82) is 0 Å². The van der Waals surface area contributed by atoms with E-state index in [4.69, 9.17) is 0 Å². The Morgan fingerprint density at radius 1 is 1.39 bits per heavy atom. The van der Waals surface area contributed by atoms with E-state index >= 15 is 0 Å². The Kier molecular flexibility index (Phi) is 3.41. The molecule has 18 heavy (non-hydrogen) atoms. The minimum Gasteiger partial charge on any atom is -0.336 e. The molecular formula is C13H16N4O. The van der Waals surface area contributed by atoms with Crippen molar-refractivity contribution in [3.63, 3.8) is 0 Å². The predicted molar refractivity (Wildman–Crippen MR) is 68.1 cm³/mol. The van der Waals surface area contributed by atoms with Gasteiger partial charge >= 0.3 is 0 Å². The van der Waals surface area contributed by atoms with Gasteiger partial charge in [-0.1, -0.05) is 6.07 Å². The first kappa shape index (κ1) is 12.3. The molecule has 2 aromatic heterocycles. The van der Waals surface area contributed by atoms with Crippen LogP contribution >= 0.6 is 0 Å². The molecule has 0 atom stereocenters. The summed E-state index contributed by atoms with van der Waals surface area (Å²) in [6.07, 6.45) is 1.55. The van der Waals surface area contributed by atoms with Gasteiger partial charge in [0.15, 0.2) is 0 Å². The molecule has 0 fully saturated rings. The Balaban J connectivity index is 2.11. The number of aromatic nitrogens is 3. The van der Waals surface area contributed by atoms with Crippen molar-refractivity contribution in [3.8, 4) is 0 Å². The summed E-state index contributed by atoms with van der Waals surface area (Å²) in [7, 11) is 1.76. The Labute approximate surface area is 106 Å². The van der Waals surface area contributed by atoms with Gasteiger partial charge in [0.2, 0.25) is 0 Å². The molecule has 1 N–H and O–H groups in total. The highest BCUT2D eigenvalue weighted by atomic mass is 16.2. The summed E-state index contributed by atoms with van der Waals surface area (Å²) >= 11 is 0. The van der Waals surface area contributed by atoms with Crippen LogP contribution in [0.3, 0.4) is 0 Å². The number of hydrogen-bond acceptors (Lipinski definition) is 3. The van der Waals surface area contributed by atoms with Crippen LogP contribution in [0.15, 0.2) is 24.4 Å². The molecule has 0 unspecified atom stereocenters. The van der Waals surface area contributed by atoms with Crippen molar-refractivity contribution in [3.05, 3.63) is 47.0 Å². The quantitative estimate of drug-likeness (QED) is 0.893. The third-order valence-electron chi connectivity index (χ3n) is 2.75. The van der Waals surface area contributed by atoms with Gasteiger partial charge in [0.25, 0.3) is 5.91 Å². The monoisotopic (exact) mass is 244 g/mol. The molecule has 5 nitrogen and oxygen atoms in total. The lowest BCUT2D eigenvalue weighted by Crippen LogP contribution is -2.26. The first-order valence-electron chi connectivity index (χ1n) is 5.76. The minimum atomic E-state index is -0.0513. The molecular weight excluding hydrogens is 228 g/mol. The number of amides is 1. The molecule has 0 aliphatic rings. The third-order valence-corrected chi connectivity index (χ3v) is 2.75. The van der Waals surface area contributed by atoms with Gasteiger partial charge in [0.1, 0.15) is 0 Å². The van der Waals surface area contributed by atoms with E-state index in [0.29, 0.717) is 12.1 Å². The van der Waals surface area contributed by atoms with Gasteiger partial charge in [-0.2, -0.15) is 5.10 Å². The Morgan fingerprint density at radius 3 is 2.78 bits per heavy atom. The molecule has 2 rings (SSSR count). The van der Waals surface area contributed by atoms with Gasteiger partial charge in [-0.3, -0.25) is 14.9 Å². The Hall–Kier alpha value is -2.17. The van der Waals surface area contributed by atoms with Gasteiger partial charge in [-0.25, -0.2) is 0 Å². The zero-order valence-electron chi connectivity index (χ0n) is 10.8. The standard InChI is InChI=1S/C13H16N4O/c1-9-5-4-6-11(15-9)8-17(3)13(18)12-7-14-16-10(12)2/h4-7H,8H2,1-3H3,(H,14,16). The molecule has 0 aliphatic carbocycles. The maximum Gasteiger partial charge on any atom is 0.257 e. The van der Waals surface area contributed by atoms with Gasteiger partial charge in [-0.15, -0.1) is 0 Å². The highest BCUT2D eigenvalue weighted by molar-refractivity contribution is 5.94. The van der Waals surface area contributed by atoms with E-state index in [-0.39, 0.29) is 5.91 Å². The van der Waals surface area contributed by atoms with Gasteiger partial charge in [0.05, 0.1) is 24.0 Å². The van der Waals surface area contributed by atoms with E-state index in [1.165, 1.54) is 0 Å². The highest BCUT2D eigenvalue weighted by Gasteiger charge is 2.16. The van der Waals surface area contributed by atoms with Crippen molar-refractivity contribution >= 4 is 5.91 Å². The first-order chi connectivity index (χ1) is 8.58. The lowest BCUT2D eigenvalue weighted by molar-refractivity contribution is 0.0782. The molecule has 0 radical (unpaired) electrons. The van der Waals surface area contributed by atoms with Crippen LogP contribution in [0.5, 0.6) is 0 Å². The van der Waals surface area contributed by atoms with Crippen molar-refractivity contribution in [2.75, 3.05) is 7.05 Å². The largest absolute Gasteiger partial charge is 0.336 e. The molecule has 0 saturated carbocycles. The fourth-order valence-electron chi connectivity index (χ4n) is 1.77. The second-order valence-corrected chi connectivity index (χ2v) is 4.34. The van der Waals surface area contributed by atoms with Crippen LogP contribution in [-0.2, 0) is 6.54 Å². The van der Waals surface area contributed by atoms with E-state index in [2.05, 4.69) is 15.2 Å². The average Bonchev–Trinajstić information content (AvgIpc) is 2.74. The van der Waals surface area contributed by atoms with E-state index in [9.17, 15) is 4.79 Å². The van der Waals surface area contributed by atoms with Crippen LogP contribution in [0.2, 0.25) is 0 Å². The summed E-state index contributed by atoms with van der Waals surface area (Å²) in [5.74, 6) is -0.0513. The van der Waals surface area contributed by atoms with Gasteiger partial charge in [0, 0.05) is 18.4 Å². The lowest BCUT2D eigenvalue weighted by Gasteiger charge is -2.16. The topological polar surface area (TPSA) is 61.9 Å². The third kappa shape index (κ3) is 2.56. The van der Waals surface area contributed by atoms with Crippen molar-refractivity contribution in [2.24, 2.45) is 0 Å². The first-order valence-corrected chi connectivity index (χ1v) is 5.76. The minimum absolute atomic E-state index is 0.0513. The number of nitrogens with zero attached hydrogens (tertiary/aromatic N) is 3. The summed E-state index contributed by atoms with van der Waals surface area (Å²) in [5, 5.41) is 6.62. The van der Waals surface area contributed by atoms with Crippen molar-refractivity contribution < 1.29 is 4.79 Å². The number of aromatic amines is 1. The van der Waals surface area contributed by atoms with E-state index < -0.39 is 0 Å². The van der Waals surface area contributed by atoms with Gasteiger partial charge in [-0.05, 0) is 26.0 Å². The zero-order chi connectivity index (χ0) is 13.1. The van der Waals surface area contributed by atoms with Crippen LogP contribution in [0.4, 0.5) is 0 Å². The molecule has 1 amide bonds. The maximum absolute atomic E-state index is 12.2. The molecule has 0 spiro atoms. The molecule has 2 aromatic rings. The second kappa shape index (κ2) is 5.00. The SMILES string of the molecule is Cc1cccc(CN(C)C(=O)c2cn[nH]c2C)n1. The summed E-state index contributed by atoms with van der Waals surface area (Å²) in [6.45, 7) is 4.26.